The Morgan fingerprint density at radius 1 is 1.31 bits per heavy atom. The van der Waals surface area contributed by atoms with Crippen LogP contribution < -0.4 is 4.74 Å². The number of benzene rings is 1. The van der Waals surface area contributed by atoms with Crippen LogP contribution >= 0.6 is 0 Å². The summed E-state index contributed by atoms with van der Waals surface area (Å²) >= 11 is 0. The van der Waals surface area contributed by atoms with Gasteiger partial charge in [0.15, 0.2) is 12.5 Å². The highest BCUT2D eigenvalue weighted by Gasteiger charge is 2.16. The molecule has 1 heterocycles. The molecule has 0 spiro atoms. The maximum Gasteiger partial charge on any atom is 0.266 e. The van der Waals surface area contributed by atoms with Crippen LogP contribution in [0.5, 0.6) is 5.75 Å². The summed E-state index contributed by atoms with van der Waals surface area (Å²) in [5.74, 6) is 0.913. The lowest BCUT2D eigenvalue weighted by Crippen LogP contribution is -2.14. The number of halogens is 3. The Labute approximate surface area is 91.0 Å². The Hall–Kier alpha value is -1.52. The molecule has 0 atom stereocenters. The molecular formula is C11H11F3O2. The second-order valence-electron chi connectivity index (χ2n) is 3.06. The first kappa shape index (κ1) is 12.5. The molecule has 1 aromatic carbocycles. The molecule has 88 valence electrons. The Morgan fingerprint density at radius 3 is 2.50 bits per heavy atom. The average molecular weight is 232 g/mol. The van der Waals surface area contributed by atoms with E-state index < -0.39 is 13.1 Å². The molecule has 0 unspecified atom stereocenters. The fourth-order valence-corrected chi connectivity index (χ4v) is 1.21. The maximum absolute atomic E-state index is 11.2. The molecule has 0 amide bonds. The molecule has 0 aliphatic carbocycles. The van der Waals surface area contributed by atoms with Crippen LogP contribution in [0.1, 0.15) is 16.8 Å². The Kier molecular flexibility index (Phi) is 4.82. The van der Waals surface area contributed by atoms with Crippen LogP contribution in [0.2, 0.25) is 0 Å². The van der Waals surface area contributed by atoms with Crippen molar-refractivity contribution in [1.82, 2.24) is 0 Å². The summed E-state index contributed by atoms with van der Waals surface area (Å²) < 4.78 is 36.4. The first-order valence-corrected chi connectivity index (χ1v) is 4.74. The molecule has 0 aromatic heterocycles. The van der Waals surface area contributed by atoms with E-state index in [0.717, 1.165) is 11.3 Å². The molecule has 0 N–H and O–H groups in total. The fraction of sp³-hybridized carbons (Fsp3) is 0.364. The van der Waals surface area contributed by atoms with Crippen LogP contribution in [0.15, 0.2) is 24.3 Å². The summed E-state index contributed by atoms with van der Waals surface area (Å²) in [7, 11) is 0. The van der Waals surface area contributed by atoms with Gasteiger partial charge in [0.2, 0.25) is 0 Å². The summed E-state index contributed by atoms with van der Waals surface area (Å²) in [5.41, 5.74) is 0.721. The number of ketones is 1. The van der Waals surface area contributed by atoms with Crippen LogP contribution in [0, 0.1) is 0 Å². The van der Waals surface area contributed by atoms with Gasteiger partial charge in [-0.2, -0.15) is 0 Å². The predicted molar refractivity (Wildman–Crippen MR) is 52.9 cm³/mol. The first-order chi connectivity index (χ1) is 7.65. The van der Waals surface area contributed by atoms with E-state index in [-0.39, 0.29) is 5.78 Å². The monoisotopic (exact) mass is 232 g/mol. The third-order valence-electron chi connectivity index (χ3n) is 1.89. The summed E-state index contributed by atoms with van der Waals surface area (Å²) in [5, 5.41) is 0. The number of alkyl halides is 3. The molecule has 1 aliphatic rings. The van der Waals surface area contributed by atoms with Crippen molar-refractivity contribution < 1.29 is 22.7 Å². The lowest BCUT2D eigenvalue weighted by Gasteiger charge is -2.14. The van der Waals surface area contributed by atoms with Gasteiger partial charge in [-0.25, -0.2) is 13.2 Å². The van der Waals surface area contributed by atoms with Crippen molar-refractivity contribution in [1.29, 1.82) is 0 Å². The van der Waals surface area contributed by atoms with Gasteiger partial charge in [0, 0.05) is 6.42 Å². The van der Waals surface area contributed by atoms with Crippen molar-refractivity contribution in [2.75, 3.05) is 13.3 Å². The lowest BCUT2D eigenvalue weighted by atomic mass is 10.1. The van der Waals surface area contributed by atoms with E-state index in [1.165, 1.54) is 0 Å². The van der Waals surface area contributed by atoms with E-state index in [4.69, 9.17) is 4.74 Å². The summed E-state index contributed by atoms with van der Waals surface area (Å²) in [6, 6.07) is 7.35. The number of hydrogen-bond donors (Lipinski definition) is 0. The second kappa shape index (κ2) is 6.15. The quantitative estimate of drug-likeness (QED) is 0.744. The zero-order valence-electron chi connectivity index (χ0n) is 8.46. The normalized spacial score (nSPS) is 13.6. The number of ether oxygens (including phenoxy) is 1. The number of carbonyl (C=O) groups excluding carboxylic acids is 1. The van der Waals surface area contributed by atoms with Gasteiger partial charge >= 0.3 is 0 Å². The highest BCUT2D eigenvalue weighted by Crippen LogP contribution is 2.23. The third-order valence-corrected chi connectivity index (χ3v) is 1.89. The number of para-hydroxylation sites is 1. The third kappa shape index (κ3) is 3.56. The topological polar surface area (TPSA) is 26.3 Å². The van der Waals surface area contributed by atoms with Gasteiger partial charge < -0.3 is 4.74 Å². The molecule has 0 saturated carbocycles. The zero-order chi connectivity index (χ0) is 12.0. The molecule has 0 bridgehead atoms. The molecule has 2 nitrogen and oxygen atoms in total. The highest BCUT2D eigenvalue weighted by molar-refractivity contribution is 5.99. The predicted octanol–water partition coefficient (Wildman–Crippen LogP) is 2.87. The van der Waals surface area contributed by atoms with E-state index in [0.29, 0.717) is 13.0 Å². The van der Waals surface area contributed by atoms with Crippen molar-refractivity contribution >= 4 is 5.78 Å². The number of fused-ring (bicyclic) bond motifs is 1. The van der Waals surface area contributed by atoms with Crippen LogP contribution in [-0.4, -0.2) is 25.5 Å². The molecule has 5 heteroatoms. The van der Waals surface area contributed by atoms with Crippen LogP contribution in [0.3, 0.4) is 0 Å². The van der Waals surface area contributed by atoms with Crippen molar-refractivity contribution in [2.24, 2.45) is 0 Å². The van der Waals surface area contributed by atoms with Crippen molar-refractivity contribution in [2.45, 2.75) is 12.8 Å². The minimum Gasteiger partial charge on any atom is -0.492 e. The van der Waals surface area contributed by atoms with E-state index >= 15 is 0 Å². The van der Waals surface area contributed by atoms with E-state index in [1.54, 1.807) is 6.07 Å². The molecule has 0 fully saturated rings. The van der Waals surface area contributed by atoms with Gasteiger partial charge in [-0.15, -0.1) is 0 Å². The Morgan fingerprint density at radius 2 is 1.94 bits per heavy atom. The van der Waals surface area contributed by atoms with Crippen molar-refractivity contribution in [3.63, 3.8) is 0 Å². The van der Waals surface area contributed by atoms with Gasteiger partial charge in [0.05, 0.1) is 12.2 Å². The molecule has 0 radical (unpaired) electrons. The van der Waals surface area contributed by atoms with Gasteiger partial charge in [-0.05, 0) is 12.1 Å². The van der Waals surface area contributed by atoms with Gasteiger partial charge in [-0.3, -0.25) is 4.79 Å². The Bertz CT molecular complexity index is 353. The average Bonchev–Trinajstić information content (AvgIpc) is 2.30. The summed E-state index contributed by atoms with van der Waals surface area (Å²) in [4.78, 5) is 11.2. The van der Waals surface area contributed by atoms with E-state index in [1.807, 2.05) is 18.2 Å². The largest absolute Gasteiger partial charge is 0.492 e. The fourth-order valence-electron chi connectivity index (χ4n) is 1.21. The van der Waals surface area contributed by atoms with E-state index in [9.17, 15) is 18.0 Å². The highest BCUT2D eigenvalue weighted by atomic mass is 19.3. The Balaban J connectivity index is 0.000000221. The van der Waals surface area contributed by atoms with Crippen LogP contribution in [0.4, 0.5) is 13.2 Å². The number of Topliss-reactive ketones (excluding diaryl/α,β-unsaturated/α-hetero) is 1. The molecule has 16 heavy (non-hydrogen) atoms. The van der Waals surface area contributed by atoms with Gasteiger partial charge in [-0.1, -0.05) is 12.1 Å². The minimum absolute atomic E-state index is 0.187. The van der Waals surface area contributed by atoms with E-state index in [2.05, 4.69) is 0 Å². The molecule has 0 saturated heterocycles. The molecule has 1 aliphatic heterocycles. The second-order valence-corrected chi connectivity index (χ2v) is 3.06. The smallest absolute Gasteiger partial charge is 0.266 e. The van der Waals surface area contributed by atoms with Gasteiger partial charge in [0.25, 0.3) is 6.43 Å². The van der Waals surface area contributed by atoms with Crippen molar-refractivity contribution in [3.05, 3.63) is 29.8 Å². The van der Waals surface area contributed by atoms with Gasteiger partial charge in [0.1, 0.15) is 5.75 Å². The molecule has 1 aromatic rings. The van der Waals surface area contributed by atoms with Crippen LogP contribution in [0.25, 0.3) is 0 Å². The first-order valence-electron chi connectivity index (χ1n) is 4.74. The SMILES string of the molecule is FCC(F)F.O=C1CCOc2ccccc21. The van der Waals surface area contributed by atoms with Crippen LogP contribution in [-0.2, 0) is 0 Å². The summed E-state index contributed by atoms with van der Waals surface area (Å²) in [6.45, 7) is -1.00. The van der Waals surface area contributed by atoms with Crippen molar-refractivity contribution in [3.8, 4) is 5.75 Å². The zero-order valence-corrected chi connectivity index (χ0v) is 8.46. The molecular weight excluding hydrogens is 221 g/mol. The maximum atomic E-state index is 11.2. The standard InChI is InChI=1S/C9H8O2.C2H3F3/c10-8-5-6-11-9-4-2-1-3-7(8)9;3-1-2(4)5/h1-4H,5-6H2;2H,1H2. The number of carbonyl (C=O) groups is 1. The number of hydrogen-bond acceptors (Lipinski definition) is 2. The minimum atomic E-state index is -2.78. The molecule has 2 rings (SSSR count). The number of rotatable bonds is 1. The lowest BCUT2D eigenvalue weighted by molar-refractivity contribution is 0.0933. The summed E-state index contributed by atoms with van der Waals surface area (Å²) in [6.07, 6.45) is -2.27.